The highest BCUT2D eigenvalue weighted by atomic mass is 32.2. The van der Waals surface area contributed by atoms with Crippen LogP contribution in [0, 0.1) is 18.8 Å². The molecule has 0 saturated carbocycles. The normalized spacial score (nSPS) is 25.8. The van der Waals surface area contributed by atoms with Gasteiger partial charge in [-0.05, 0) is 13.0 Å². The molecule has 2 aliphatic rings. The predicted molar refractivity (Wildman–Crippen MR) is 96.4 cm³/mol. The largest absolute Gasteiger partial charge is 0.451 e. The molecule has 4 rings (SSSR count). The highest BCUT2D eigenvalue weighted by Gasteiger charge is 2.46. The fourth-order valence-corrected chi connectivity index (χ4v) is 4.47. The quantitative estimate of drug-likeness (QED) is 0.868. The first-order valence-corrected chi connectivity index (χ1v) is 10.6. The number of carbonyl (C=O) groups excluding carboxylic acids is 1. The van der Waals surface area contributed by atoms with Crippen LogP contribution < -0.4 is 4.72 Å². The summed E-state index contributed by atoms with van der Waals surface area (Å²) in [7, 11) is -3.23. The maximum Gasteiger partial charge on any atom is 0.289 e. The molecule has 2 aromatic rings. The van der Waals surface area contributed by atoms with Gasteiger partial charge in [0, 0.05) is 42.4 Å². The van der Waals surface area contributed by atoms with Crippen LogP contribution in [0.15, 0.2) is 28.7 Å². The number of para-hydroxylation sites is 1. The summed E-state index contributed by atoms with van der Waals surface area (Å²) in [5.74, 6) is 0.450. The van der Waals surface area contributed by atoms with E-state index in [-0.39, 0.29) is 23.8 Å². The van der Waals surface area contributed by atoms with Gasteiger partial charge in [-0.15, -0.1) is 0 Å². The smallest absolute Gasteiger partial charge is 0.289 e. The van der Waals surface area contributed by atoms with Crippen LogP contribution in [0.4, 0.5) is 0 Å². The number of hydrogen-bond acceptors (Lipinski definition) is 5. The van der Waals surface area contributed by atoms with Crippen molar-refractivity contribution in [2.45, 2.75) is 13.0 Å². The lowest BCUT2D eigenvalue weighted by atomic mass is 9.93. The molecule has 2 aliphatic heterocycles. The van der Waals surface area contributed by atoms with Crippen molar-refractivity contribution < 1.29 is 22.4 Å². The Kier molecular flexibility index (Phi) is 4.29. The van der Waals surface area contributed by atoms with Crippen molar-refractivity contribution >= 4 is 26.9 Å². The number of furan rings is 1. The monoisotopic (exact) mass is 378 g/mol. The number of nitrogens with zero attached hydrogens (tertiary/aromatic N) is 1. The summed E-state index contributed by atoms with van der Waals surface area (Å²) >= 11 is 0. The number of amides is 1. The molecule has 2 saturated heterocycles. The molecular formula is C18H22N2O5S. The molecule has 1 aromatic carbocycles. The first kappa shape index (κ1) is 17.5. The van der Waals surface area contributed by atoms with Crippen LogP contribution in [0.25, 0.3) is 11.0 Å². The number of ether oxygens (including phenoxy) is 1. The van der Waals surface area contributed by atoms with Crippen molar-refractivity contribution in [2.75, 3.05) is 32.5 Å². The van der Waals surface area contributed by atoms with Crippen molar-refractivity contribution in [2.24, 2.45) is 11.8 Å². The van der Waals surface area contributed by atoms with Gasteiger partial charge in [0.2, 0.25) is 10.0 Å². The Morgan fingerprint density at radius 1 is 1.31 bits per heavy atom. The van der Waals surface area contributed by atoms with Gasteiger partial charge in [0.25, 0.3) is 5.91 Å². The molecule has 1 aromatic heterocycles. The van der Waals surface area contributed by atoms with Crippen molar-refractivity contribution in [3.8, 4) is 0 Å². The highest BCUT2D eigenvalue weighted by molar-refractivity contribution is 7.88. The second-order valence-electron chi connectivity index (χ2n) is 7.18. The number of fused-ring (bicyclic) bond motifs is 2. The van der Waals surface area contributed by atoms with Gasteiger partial charge >= 0.3 is 0 Å². The second-order valence-corrected chi connectivity index (χ2v) is 9.01. The van der Waals surface area contributed by atoms with E-state index in [0.717, 1.165) is 17.2 Å². The number of benzene rings is 1. The molecule has 0 bridgehead atoms. The maximum absolute atomic E-state index is 13.0. The highest BCUT2D eigenvalue weighted by Crippen LogP contribution is 2.35. The fourth-order valence-electron chi connectivity index (χ4n) is 3.96. The Labute approximate surface area is 152 Å². The number of nitrogens with one attached hydrogen (secondary N) is 1. The molecule has 1 N–H and O–H groups in total. The fraction of sp³-hybridized carbons (Fsp3) is 0.500. The van der Waals surface area contributed by atoms with E-state index in [1.54, 1.807) is 4.90 Å². The minimum Gasteiger partial charge on any atom is -0.451 e. The average Bonchev–Trinajstić information content (AvgIpc) is 3.25. The Hall–Kier alpha value is -1.90. The zero-order chi connectivity index (χ0) is 18.5. The van der Waals surface area contributed by atoms with E-state index in [2.05, 4.69) is 4.72 Å². The van der Waals surface area contributed by atoms with Gasteiger partial charge in [-0.3, -0.25) is 4.79 Å². The lowest BCUT2D eigenvalue weighted by molar-refractivity contribution is 0.0653. The van der Waals surface area contributed by atoms with E-state index in [1.807, 2.05) is 31.2 Å². The van der Waals surface area contributed by atoms with Crippen molar-refractivity contribution in [3.05, 3.63) is 35.6 Å². The van der Waals surface area contributed by atoms with Gasteiger partial charge in [0.15, 0.2) is 5.76 Å². The summed E-state index contributed by atoms with van der Waals surface area (Å²) in [6.45, 7) is 3.81. The van der Waals surface area contributed by atoms with Crippen LogP contribution in [0.5, 0.6) is 0 Å². The molecule has 26 heavy (non-hydrogen) atoms. The molecule has 3 atom stereocenters. The first-order valence-electron chi connectivity index (χ1n) is 8.67. The molecule has 0 aliphatic carbocycles. The summed E-state index contributed by atoms with van der Waals surface area (Å²) in [4.78, 5) is 14.7. The van der Waals surface area contributed by atoms with E-state index in [9.17, 15) is 13.2 Å². The van der Waals surface area contributed by atoms with Crippen LogP contribution >= 0.6 is 0 Å². The third-order valence-corrected chi connectivity index (χ3v) is 6.06. The zero-order valence-corrected chi connectivity index (χ0v) is 15.6. The Morgan fingerprint density at radius 2 is 2.08 bits per heavy atom. The van der Waals surface area contributed by atoms with Gasteiger partial charge in [-0.2, -0.15) is 0 Å². The molecule has 8 heteroatoms. The SMILES string of the molecule is Cc1c(C(=O)N2C[C@@H]3[C@H](CNS(C)(=O)=O)CO[C@@H]3C2)oc2ccccc12. The third kappa shape index (κ3) is 3.13. The van der Waals surface area contributed by atoms with Crippen molar-refractivity contribution in [3.63, 3.8) is 0 Å². The predicted octanol–water partition coefficient (Wildman–Crippen LogP) is 1.38. The summed E-state index contributed by atoms with van der Waals surface area (Å²) in [5, 5.41) is 0.946. The van der Waals surface area contributed by atoms with Crippen LogP contribution in [0.1, 0.15) is 16.1 Å². The summed E-state index contributed by atoms with van der Waals surface area (Å²) in [5.41, 5.74) is 1.55. The Bertz CT molecular complexity index is 952. The van der Waals surface area contributed by atoms with Crippen molar-refractivity contribution in [1.82, 2.24) is 9.62 Å². The lowest BCUT2D eigenvalue weighted by Gasteiger charge is -2.19. The van der Waals surface area contributed by atoms with Crippen molar-refractivity contribution in [1.29, 1.82) is 0 Å². The third-order valence-electron chi connectivity index (χ3n) is 5.37. The van der Waals surface area contributed by atoms with Gasteiger partial charge in [-0.25, -0.2) is 13.1 Å². The number of rotatable bonds is 4. The van der Waals surface area contributed by atoms with Gasteiger partial charge in [-0.1, -0.05) is 18.2 Å². The zero-order valence-electron chi connectivity index (χ0n) is 14.8. The van der Waals surface area contributed by atoms with Gasteiger partial charge in [0.1, 0.15) is 5.58 Å². The number of hydrogen-bond donors (Lipinski definition) is 1. The molecular weight excluding hydrogens is 356 g/mol. The summed E-state index contributed by atoms with van der Waals surface area (Å²) in [6.07, 6.45) is 1.10. The number of carbonyl (C=O) groups is 1. The van der Waals surface area contributed by atoms with Gasteiger partial charge in [0.05, 0.1) is 19.0 Å². The number of sulfonamides is 1. The second kappa shape index (κ2) is 6.37. The number of likely N-dealkylation sites (tertiary alicyclic amines) is 1. The van der Waals surface area contributed by atoms with Crippen LogP contribution in [0.2, 0.25) is 0 Å². The van der Waals surface area contributed by atoms with Crippen LogP contribution in [0.3, 0.4) is 0 Å². The summed E-state index contributed by atoms with van der Waals surface area (Å²) in [6, 6.07) is 7.60. The minimum atomic E-state index is -3.23. The van der Waals surface area contributed by atoms with E-state index in [1.165, 1.54) is 0 Å². The molecule has 140 valence electrons. The molecule has 2 fully saturated rings. The van der Waals surface area contributed by atoms with E-state index in [0.29, 0.717) is 37.6 Å². The average molecular weight is 378 g/mol. The summed E-state index contributed by atoms with van der Waals surface area (Å²) < 4.78 is 36.8. The first-order chi connectivity index (χ1) is 12.3. The standard InChI is InChI=1S/C18H22N2O5S/c1-11-13-5-3-4-6-15(13)25-17(11)18(21)20-8-14-12(7-19-26(2,22)23)10-24-16(14)9-20/h3-6,12,14,16,19H,7-10H2,1-2H3/t12-,14-,16-/m1/s1. The van der Waals surface area contributed by atoms with E-state index >= 15 is 0 Å². The minimum absolute atomic E-state index is 0.0463. The lowest BCUT2D eigenvalue weighted by Crippen LogP contribution is -2.35. The number of aryl methyl sites for hydroxylation is 1. The van der Waals surface area contributed by atoms with E-state index < -0.39 is 10.0 Å². The van der Waals surface area contributed by atoms with Gasteiger partial charge < -0.3 is 14.1 Å². The molecule has 3 heterocycles. The molecule has 0 spiro atoms. The molecule has 0 unspecified atom stereocenters. The van der Waals surface area contributed by atoms with Crippen LogP contribution in [-0.2, 0) is 14.8 Å². The molecule has 0 radical (unpaired) electrons. The Balaban J connectivity index is 1.49. The Morgan fingerprint density at radius 3 is 2.81 bits per heavy atom. The molecule has 7 nitrogen and oxygen atoms in total. The van der Waals surface area contributed by atoms with E-state index in [4.69, 9.17) is 9.15 Å². The molecule has 1 amide bonds. The van der Waals surface area contributed by atoms with Crippen LogP contribution in [-0.4, -0.2) is 57.8 Å². The maximum atomic E-state index is 13.0. The topological polar surface area (TPSA) is 88.9 Å².